The molecule has 1 heterocycles. The molecule has 1 aliphatic heterocycles. The zero-order chi connectivity index (χ0) is 22.6. The molecular formula is C22H19NO8S. The molecule has 0 aromatic heterocycles. The standard InChI is InChI=1S/C22H19NO8S/c1-27-22(24)13-28-16-6-9-19(10-7-16)32(25,26)23-15-2-4-17(5-3-15)31-18-8-11-20-21(12-18)30-14-29-20/h2-12,23H,13-14H2,1H3. The van der Waals surface area contributed by atoms with Gasteiger partial charge in [0.1, 0.15) is 17.2 Å². The van der Waals surface area contributed by atoms with Gasteiger partial charge in [-0.05, 0) is 60.7 Å². The maximum atomic E-state index is 12.6. The Labute approximate surface area is 184 Å². The van der Waals surface area contributed by atoms with Gasteiger partial charge in [-0.3, -0.25) is 4.72 Å². The molecule has 166 valence electrons. The summed E-state index contributed by atoms with van der Waals surface area (Å²) in [5.74, 6) is 2.17. The van der Waals surface area contributed by atoms with Crippen molar-refractivity contribution in [2.24, 2.45) is 0 Å². The highest BCUT2D eigenvalue weighted by molar-refractivity contribution is 7.92. The lowest BCUT2D eigenvalue weighted by Crippen LogP contribution is -2.14. The Morgan fingerprint density at radius 1 is 0.906 bits per heavy atom. The monoisotopic (exact) mass is 457 g/mol. The quantitative estimate of drug-likeness (QED) is 0.512. The highest BCUT2D eigenvalue weighted by Gasteiger charge is 2.16. The third kappa shape index (κ3) is 5.03. The number of carbonyl (C=O) groups excluding carboxylic acids is 1. The third-order valence-electron chi connectivity index (χ3n) is 4.40. The first-order chi connectivity index (χ1) is 15.4. The molecule has 0 saturated heterocycles. The summed E-state index contributed by atoms with van der Waals surface area (Å²) in [6, 6.07) is 17.4. The van der Waals surface area contributed by atoms with Crippen LogP contribution in [0.1, 0.15) is 0 Å². The van der Waals surface area contributed by atoms with E-state index < -0.39 is 16.0 Å². The van der Waals surface area contributed by atoms with E-state index in [9.17, 15) is 13.2 Å². The molecular weight excluding hydrogens is 438 g/mol. The summed E-state index contributed by atoms with van der Waals surface area (Å²) in [5, 5.41) is 0. The summed E-state index contributed by atoms with van der Waals surface area (Å²) < 4.78 is 53.8. The Morgan fingerprint density at radius 2 is 1.56 bits per heavy atom. The maximum Gasteiger partial charge on any atom is 0.343 e. The molecule has 0 amide bonds. The number of rotatable bonds is 8. The number of hydrogen-bond donors (Lipinski definition) is 1. The van der Waals surface area contributed by atoms with E-state index in [4.69, 9.17) is 18.9 Å². The van der Waals surface area contributed by atoms with Gasteiger partial charge in [0.2, 0.25) is 6.79 Å². The number of carbonyl (C=O) groups is 1. The Morgan fingerprint density at radius 3 is 2.28 bits per heavy atom. The minimum absolute atomic E-state index is 0.0450. The minimum atomic E-state index is -3.81. The number of sulfonamides is 1. The summed E-state index contributed by atoms with van der Waals surface area (Å²) in [6.07, 6.45) is 0. The summed E-state index contributed by atoms with van der Waals surface area (Å²) in [7, 11) is -2.56. The van der Waals surface area contributed by atoms with E-state index in [2.05, 4.69) is 9.46 Å². The van der Waals surface area contributed by atoms with Crippen LogP contribution in [0.15, 0.2) is 71.6 Å². The van der Waals surface area contributed by atoms with E-state index in [1.807, 2.05) is 0 Å². The predicted molar refractivity (Wildman–Crippen MR) is 114 cm³/mol. The summed E-state index contributed by atoms with van der Waals surface area (Å²) in [6.45, 7) is -0.0849. The van der Waals surface area contributed by atoms with E-state index in [0.29, 0.717) is 34.4 Å². The Kier molecular flexibility index (Phi) is 6.04. The topological polar surface area (TPSA) is 109 Å². The second kappa shape index (κ2) is 9.06. The van der Waals surface area contributed by atoms with E-state index in [0.717, 1.165) is 0 Å². The highest BCUT2D eigenvalue weighted by atomic mass is 32.2. The lowest BCUT2D eigenvalue weighted by Gasteiger charge is -2.11. The van der Waals surface area contributed by atoms with Gasteiger partial charge in [-0.2, -0.15) is 0 Å². The molecule has 0 spiro atoms. The van der Waals surface area contributed by atoms with Crippen molar-refractivity contribution in [3.8, 4) is 28.7 Å². The molecule has 0 unspecified atom stereocenters. The summed E-state index contributed by atoms with van der Waals surface area (Å²) >= 11 is 0. The molecule has 9 nitrogen and oxygen atoms in total. The highest BCUT2D eigenvalue weighted by Crippen LogP contribution is 2.36. The fraction of sp³-hybridized carbons (Fsp3) is 0.136. The molecule has 1 aliphatic rings. The predicted octanol–water partition coefficient (Wildman–Crippen LogP) is 3.56. The second-order valence-corrected chi connectivity index (χ2v) is 8.27. The summed E-state index contributed by atoms with van der Waals surface area (Å²) in [5.41, 5.74) is 0.369. The number of nitrogens with one attached hydrogen (secondary N) is 1. The summed E-state index contributed by atoms with van der Waals surface area (Å²) in [4.78, 5) is 11.2. The number of ether oxygens (including phenoxy) is 5. The molecule has 3 aromatic carbocycles. The smallest absolute Gasteiger partial charge is 0.343 e. The molecule has 32 heavy (non-hydrogen) atoms. The first-order valence-corrected chi connectivity index (χ1v) is 10.9. The minimum Gasteiger partial charge on any atom is -0.482 e. The SMILES string of the molecule is COC(=O)COc1ccc(S(=O)(=O)Nc2ccc(Oc3ccc4c(c3)OCO4)cc2)cc1. The van der Waals surface area contributed by atoms with Gasteiger partial charge in [0.25, 0.3) is 10.0 Å². The lowest BCUT2D eigenvalue weighted by molar-refractivity contribution is -0.142. The molecule has 0 aliphatic carbocycles. The van der Waals surface area contributed by atoms with Crippen LogP contribution in [0.4, 0.5) is 5.69 Å². The molecule has 4 rings (SSSR count). The van der Waals surface area contributed by atoms with Crippen molar-refractivity contribution < 1.29 is 36.9 Å². The number of esters is 1. The first-order valence-electron chi connectivity index (χ1n) is 9.43. The van der Waals surface area contributed by atoms with Crippen molar-refractivity contribution in [3.05, 3.63) is 66.7 Å². The van der Waals surface area contributed by atoms with Crippen LogP contribution in [-0.2, 0) is 19.6 Å². The van der Waals surface area contributed by atoms with Crippen molar-refractivity contribution in [3.63, 3.8) is 0 Å². The fourth-order valence-electron chi connectivity index (χ4n) is 2.80. The van der Waals surface area contributed by atoms with E-state index in [1.165, 1.54) is 31.4 Å². The van der Waals surface area contributed by atoms with Gasteiger partial charge in [0.15, 0.2) is 18.1 Å². The van der Waals surface area contributed by atoms with Gasteiger partial charge in [-0.25, -0.2) is 13.2 Å². The largest absolute Gasteiger partial charge is 0.482 e. The van der Waals surface area contributed by atoms with E-state index in [1.54, 1.807) is 42.5 Å². The molecule has 0 bridgehead atoms. The number of methoxy groups -OCH3 is 1. The fourth-order valence-corrected chi connectivity index (χ4v) is 3.86. The van der Waals surface area contributed by atoms with Crippen LogP contribution in [0.2, 0.25) is 0 Å². The average Bonchev–Trinajstić information content (AvgIpc) is 3.27. The zero-order valence-electron chi connectivity index (χ0n) is 16.9. The average molecular weight is 457 g/mol. The van der Waals surface area contributed by atoms with Crippen LogP contribution in [0.3, 0.4) is 0 Å². The number of hydrogen-bond acceptors (Lipinski definition) is 8. The van der Waals surface area contributed by atoms with Crippen molar-refractivity contribution in [2.45, 2.75) is 4.90 Å². The van der Waals surface area contributed by atoms with Crippen LogP contribution >= 0.6 is 0 Å². The van der Waals surface area contributed by atoms with Gasteiger partial charge in [-0.15, -0.1) is 0 Å². The van der Waals surface area contributed by atoms with Crippen LogP contribution in [0.25, 0.3) is 0 Å². The van der Waals surface area contributed by atoms with Gasteiger partial charge in [0, 0.05) is 11.8 Å². The van der Waals surface area contributed by atoms with Gasteiger partial charge in [-0.1, -0.05) is 0 Å². The molecule has 0 radical (unpaired) electrons. The number of benzene rings is 3. The Bertz CT molecular complexity index is 1210. The molecule has 3 aromatic rings. The van der Waals surface area contributed by atoms with Gasteiger partial charge in [0.05, 0.1) is 12.0 Å². The lowest BCUT2D eigenvalue weighted by atomic mass is 10.3. The van der Waals surface area contributed by atoms with Crippen molar-refractivity contribution in [2.75, 3.05) is 25.2 Å². The second-order valence-electron chi connectivity index (χ2n) is 6.58. The van der Waals surface area contributed by atoms with Gasteiger partial charge < -0.3 is 23.7 Å². The number of fused-ring (bicyclic) bond motifs is 1. The van der Waals surface area contributed by atoms with Crippen LogP contribution in [-0.4, -0.2) is 34.9 Å². The van der Waals surface area contributed by atoms with Crippen LogP contribution < -0.4 is 23.7 Å². The van der Waals surface area contributed by atoms with Crippen molar-refractivity contribution >= 4 is 21.7 Å². The molecule has 10 heteroatoms. The first kappa shape index (κ1) is 21.3. The van der Waals surface area contributed by atoms with Crippen molar-refractivity contribution in [1.82, 2.24) is 0 Å². The van der Waals surface area contributed by atoms with E-state index in [-0.39, 0.29) is 18.3 Å². The van der Waals surface area contributed by atoms with Crippen LogP contribution in [0, 0.1) is 0 Å². The van der Waals surface area contributed by atoms with Crippen molar-refractivity contribution in [1.29, 1.82) is 0 Å². The Balaban J connectivity index is 1.38. The molecule has 0 saturated carbocycles. The number of anilines is 1. The third-order valence-corrected chi connectivity index (χ3v) is 5.80. The molecule has 0 fully saturated rings. The zero-order valence-corrected chi connectivity index (χ0v) is 17.8. The normalized spacial score (nSPS) is 12.2. The van der Waals surface area contributed by atoms with Gasteiger partial charge >= 0.3 is 5.97 Å². The van der Waals surface area contributed by atoms with E-state index >= 15 is 0 Å². The Hall–Kier alpha value is -3.92. The maximum absolute atomic E-state index is 12.6. The molecule has 0 atom stereocenters. The molecule has 1 N–H and O–H groups in total. The van der Waals surface area contributed by atoms with Crippen LogP contribution in [0.5, 0.6) is 28.7 Å².